The van der Waals surface area contributed by atoms with Crippen LogP contribution in [0, 0.1) is 5.92 Å². The van der Waals surface area contributed by atoms with Crippen molar-refractivity contribution in [3.8, 4) is 0 Å². The Labute approximate surface area is 143 Å². The Kier molecular flexibility index (Phi) is 5.59. The molecule has 0 spiro atoms. The minimum atomic E-state index is 0.0622. The minimum Gasteiger partial charge on any atom is -0.349 e. The molecule has 1 aromatic carbocycles. The van der Waals surface area contributed by atoms with Gasteiger partial charge in [-0.15, -0.1) is 0 Å². The maximum absolute atomic E-state index is 12.5. The van der Waals surface area contributed by atoms with Crippen LogP contribution in [0.5, 0.6) is 0 Å². The molecule has 24 heavy (non-hydrogen) atoms. The molecule has 4 heteroatoms. The van der Waals surface area contributed by atoms with Gasteiger partial charge in [-0.3, -0.25) is 14.7 Å². The van der Waals surface area contributed by atoms with Crippen LogP contribution in [-0.2, 0) is 11.3 Å². The fourth-order valence-electron chi connectivity index (χ4n) is 3.26. The Hall–Kier alpha value is -2.20. The molecule has 1 N–H and O–H groups in total. The van der Waals surface area contributed by atoms with Gasteiger partial charge in [-0.05, 0) is 50.0 Å². The van der Waals surface area contributed by atoms with E-state index >= 15 is 0 Å². The molecule has 0 radical (unpaired) electrons. The van der Waals surface area contributed by atoms with Crippen molar-refractivity contribution in [3.05, 3.63) is 66.0 Å². The topological polar surface area (TPSA) is 45.2 Å². The van der Waals surface area contributed by atoms with Crippen molar-refractivity contribution in [1.82, 2.24) is 15.2 Å². The van der Waals surface area contributed by atoms with Crippen molar-refractivity contribution < 1.29 is 4.79 Å². The number of carbonyl (C=O) groups excluding carboxylic acids is 1. The van der Waals surface area contributed by atoms with E-state index in [-0.39, 0.29) is 17.9 Å². The molecule has 1 saturated heterocycles. The second-order valence-corrected chi connectivity index (χ2v) is 6.55. The lowest BCUT2D eigenvalue weighted by atomic mass is 9.95. The standard InChI is InChI=1S/C20H25N3O/c1-16(18-7-3-2-4-8-18)22-20(24)19-9-12-23(13-10-19)15-17-6-5-11-21-14-17/h2-8,11,14,16,19H,9-10,12-13,15H2,1H3,(H,22,24)/t16-/m0/s1. The molecule has 126 valence electrons. The first-order valence-electron chi connectivity index (χ1n) is 8.69. The van der Waals surface area contributed by atoms with Gasteiger partial charge in [0.05, 0.1) is 6.04 Å². The minimum absolute atomic E-state index is 0.0622. The number of nitrogens with zero attached hydrogens (tertiary/aromatic N) is 2. The second kappa shape index (κ2) is 8.06. The zero-order valence-electron chi connectivity index (χ0n) is 14.2. The number of amides is 1. The molecule has 2 aromatic rings. The van der Waals surface area contributed by atoms with E-state index in [1.54, 1.807) is 6.20 Å². The largest absolute Gasteiger partial charge is 0.349 e. The van der Waals surface area contributed by atoms with Crippen LogP contribution in [0.25, 0.3) is 0 Å². The van der Waals surface area contributed by atoms with E-state index in [1.807, 2.05) is 37.4 Å². The number of rotatable bonds is 5. The van der Waals surface area contributed by atoms with E-state index in [4.69, 9.17) is 0 Å². The molecule has 0 unspecified atom stereocenters. The third-order valence-corrected chi connectivity index (χ3v) is 4.75. The first-order chi connectivity index (χ1) is 11.7. The highest BCUT2D eigenvalue weighted by Crippen LogP contribution is 2.20. The number of aromatic nitrogens is 1. The summed E-state index contributed by atoms with van der Waals surface area (Å²) in [4.78, 5) is 19.1. The van der Waals surface area contributed by atoms with Gasteiger partial charge in [0.15, 0.2) is 0 Å². The maximum Gasteiger partial charge on any atom is 0.223 e. The molecule has 1 atom stereocenters. The molecule has 1 aliphatic heterocycles. The van der Waals surface area contributed by atoms with Gasteiger partial charge in [-0.2, -0.15) is 0 Å². The van der Waals surface area contributed by atoms with Gasteiger partial charge in [0.1, 0.15) is 0 Å². The predicted molar refractivity (Wildman–Crippen MR) is 95.2 cm³/mol. The van der Waals surface area contributed by atoms with Gasteiger partial charge in [-0.25, -0.2) is 0 Å². The Morgan fingerprint density at radius 2 is 1.96 bits per heavy atom. The molecule has 4 nitrogen and oxygen atoms in total. The summed E-state index contributed by atoms with van der Waals surface area (Å²) in [5, 5.41) is 3.16. The summed E-state index contributed by atoms with van der Waals surface area (Å²) in [5.41, 5.74) is 2.39. The zero-order chi connectivity index (χ0) is 16.8. The molecular formula is C20H25N3O. The lowest BCUT2D eigenvalue weighted by Gasteiger charge is -2.31. The SMILES string of the molecule is C[C@H](NC(=O)C1CCN(Cc2cccnc2)CC1)c1ccccc1. The van der Waals surface area contributed by atoms with Gasteiger partial charge in [-0.1, -0.05) is 36.4 Å². The van der Waals surface area contributed by atoms with Crippen LogP contribution in [0.3, 0.4) is 0 Å². The fourth-order valence-corrected chi connectivity index (χ4v) is 3.26. The molecule has 2 heterocycles. The predicted octanol–water partition coefficient (Wildman–Crippen LogP) is 3.17. The van der Waals surface area contributed by atoms with Gasteiger partial charge < -0.3 is 5.32 Å². The zero-order valence-corrected chi connectivity index (χ0v) is 14.2. The molecule has 1 fully saturated rings. The van der Waals surface area contributed by atoms with E-state index in [0.717, 1.165) is 38.0 Å². The molecule has 0 aliphatic carbocycles. The number of piperidine rings is 1. The molecular weight excluding hydrogens is 298 g/mol. The number of benzene rings is 1. The highest BCUT2D eigenvalue weighted by Gasteiger charge is 2.25. The van der Waals surface area contributed by atoms with Gasteiger partial charge in [0, 0.05) is 24.9 Å². The van der Waals surface area contributed by atoms with Crippen molar-refractivity contribution in [3.63, 3.8) is 0 Å². The lowest BCUT2D eigenvalue weighted by Crippen LogP contribution is -2.40. The van der Waals surface area contributed by atoms with Crippen LogP contribution in [0.15, 0.2) is 54.9 Å². The summed E-state index contributed by atoms with van der Waals surface area (Å²) in [7, 11) is 0. The first-order valence-corrected chi connectivity index (χ1v) is 8.69. The van der Waals surface area contributed by atoms with Crippen molar-refractivity contribution in [2.24, 2.45) is 5.92 Å². The number of likely N-dealkylation sites (tertiary alicyclic amines) is 1. The average Bonchev–Trinajstić information content (AvgIpc) is 2.64. The van der Waals surface area contributed by atoms with Crippen molar-refractivity contribution in [2.45, 2.75) is 32.4 Å². The van der Waals surface area contributed by atoms with Crippen LogP contribution < -0.4 is 5.32 Å². The van der Waals surface area contributed by atoms with Crippen LogP contribution >= 0.6 is 0 Å². The quantitative estimate of drug-likeness (QED) is 0.919. The number of hydrogen-bond donors (Lipinski definition) is 1. The summed E-state index contributed by atoms with van der Waals surface area (Å²) in [6.45, 7) is 4.90. The monoisotopic (exact) mass is 323 g/mol. The summed E-state index contributed by atoms with van der Waals surface area (Å²) in [6.07, 6.45) is 5.57. The number of hydrogen-bond acceptors (Lipinski definition) is 3. The number of nitrogens with one attached hydrogen (secondary N) is 1. The summed E-state index contributed by atoms with van der Waals surface area (Å²) < 4.78 is 0. The third-order valence-electron chi connectivity index (χ3n) is 4.75. The van der Waals surface area contributed by atoms with E-state index in [1.165, 1.54) is 5.56 Å². The lowest BCUT2D eigenvalue weighted by molar-refractivity contribution is -0.127. The Morgan fingerprint density at radius 1 is 1.21 bits per heavy atom. The third kappa shape index (κ3) is 4.42. The van der Waals surface area contributed by atoms with Crippen molar-refractivity contribution >= 4 is 5.91 Å². The number of pyridine rings is 1. The molecule has 1 aliphatic rings. The normalized spacial score (nSPS) is 17.4. The van der Waals surface area contributed by atoms with Crippen LogP contribution in [0.2, 0.25) is 0 Å². The summed E-state index contributed by atoms with van der Waals surface area (Å²) in [6, 6.07) is 14.3. The molecule has 1 amide bonds. The maximum atomic E-state index is 12.5. The van der Waals surface area contributed by atoms with Gasteiger partial charge in [0.25, 0.3) is 0 Å². The van der Waals surface area contributed by atoms with Crippen LogP contribution in [0.1, 0.15) is 36.9 Å². The van der Waals surface area contributed by atoms with Crippen molar-refractivity contribution in [2.75, 3.05) is 13.1 Å². The molecule has 1 aromatic heterocycles. The smallest absolute Gasteiger partial charge is 0.223 e. The van der Waals surface area contributed by atoms with E-state index in [9.17, 15) is 4.79 Å². The second-order valence-electron chi connectivity index (χ2n) is 6.55. The highest BCUT2D eigenvalue weighted by atomic mass is 16.1. The van der Waals surface area contributed by atoms with E-state index in [2.05, 4.69) is 33.4 Å². The fraction of sp³-hybridized carbons (Fsp3) is 0.400. The summed E-state index contributed by atoms with van der Waals surface area (Å²) in [5.74, 6) is 0.314. The molecule has 0 saturated carbocycles. The van der Waals surface area contributed by atoms with E-state index < -0.39 is 0 Å². The Morgan fingerprint density at radius 3 is 2.62 bits per heavy atom. The Balaban J connectivity index is 1.47. The van der Waals surface area contributed by atoms with Gasteiger partial charge >= 0.3 is 0 Å². The number of carbonyl (C=O) groups is 1. The summed E-state index contributed by atoms with van der Waals surface area (Å²) >= 11 is 0. The average molecular weight is 323 g/mol. The first kappa shape index (κ1) is 16.7. The highest BCUT2D eigenvalue weighted by molar-refractivity contribution is 5.79. The van der Waals surface area contributed by atoms with Gasteiger partial charge in [0.2, 0.25) is 5.91 Å². The van der Waals surface area contributed by atoms with Crippen LogP contribution in [0.4, 0.5) is 0 Å². The molecule has 0 bridgehead atoms. The van der Waals surface area contributed by atoms with Crippen LogP contribution in [-0.4, -0.2) is 28.9 Å². The van der Waals surface area contributed by atoms with E-state index in [0.29, 0.717) is 0 Å². The molecule has 3 rings (SSSR count). The Bertz CT molecular complexity index is 636. The van der Waals surface area contributed by atoms with Crippen molar-refractivity contribution in [1.29, 1.82) is 0 Å².